The van der Waals surface area contributed by atoms with Gasteiger partial charge in [-0.15, -0.1) is 0 Å². The van der Waals surface area contributed by atoms with Crippen LogP contribution >= 0.6 is 0 Å². The molecular formula is C14H25N3O2S. The second-order valence-electron chi connectivity index (χ2n) is 5.46. The largest absolute Gasteiger partial charge is 0.398 e. The Hall–Kier alpha value is -1.11. The Morgan fingerprint density at radius 2 is 1.60 bits per heavy atom. The standard InChI is InChI=1S/C14H25N3O2S/c1-11-9-13(15)14(10-12(11)2)20(18,19)17(5)8-6-7-16(3)4/h9-10H,6-8,15H2,1-5H3. The van der Waals surface area contributed by atoms with Crippen molar-refractivity contribution in [1.82, 2.24) is 9.21 Å². The first kappa shape index (κ1) is 16.9. The van der Waals surface area contributed by atoms with Crippen LogP contribution in [0, 0.1) is 13.8 Å². The van der Waals surface area contributed by atoms with Gasteiger partial charge >= 0.3 is 0 Å². The molecule has 0 saturated carbocycles. The number of anilines is 1. The van der Waals surface area contributed by atoms with Gasteiger partial charge in [0.15, 0.2) is 0 Å². The van der Waals surface area contributed by atoms with E-state index in [1.54, 1.807) is 19.2 Å². The van der Waals surface area contributed by atoms with E-state index >= 15 is 0 Å². The van der Waals surface area contributed by atoms with Crippen LogP contribution in [0.25, 0.3) is 0 Å². The summed E-state index contributed by atoms with van der Waals surface area (Å²) >= 11 is 0. The number of nitrogens with zero attached hydrogens (tertiary/aromatic N) is 2. The Bertz CT molecular complexity index is 568. The van der Waals surface area contributed by atoms with Gasteiger partial charge in [0.05, 0.1) is 5.69 Å². The van der Waals surface area contributed by atoms with Gasteiger partial charge in [-0.25, -0.2) is 12.7 Å². The first-order valence-corrected chi connectivity index (χ1v) is 8.08. The van der Waals surface area contributed by atoms with E-state index in [1.807, 2.05) is 32.8 Å². The number of aryl methyl sites for hydroxylation is 2. The molecule has 0 saturated heterocycles. The highest BCUT2D eigenvalue weighted by atomic mass is 32.2. The molecule has 0 aliphatic heterocycles. The summed E-state index contributed by atoms with van der Waals surface area (Å²) < 4.78 is 26.4. The van der Waals surface area contributed by atoms with Gasteiger partial charge in [0.25, 0.3) is 0 Å². The van der Waals surface area contributed by atoms with E-state index in [4.69, 9.17) is 5.73 Å². The SMILES string of the molecule is Cc1cc(N)c(S(=O)(=O)N(C)CCCN(C)C)cc1C. The zero-order chi connectivity index (χ0) is 15.5. The molecule has 0 aliphatic carbocycles. The average molecular weight is 299 g/mol. The number of nitrogens with two attached hydrogens (primary N) is 1. The minimum absolute atomic E-state index is 0.202. The lowest BCUT2D eigenvalue weighted by molar-refractivity contribution is 0.370. The van der Waals surface area contributed by atoms with Crippen molar-refractivity contribution in [2.45, 2.75) is 25.2 Å². The fourth-order valence-corrected chi connectivity index (χ4v) is 3.32. The zero-order valence-corrected chi connectivity index (χ0v) is 13.8. The molecule has 1 aromatic carbocycles. The van der Waals surface area contributed by atoms with Gasteiger partial charge in [0.2, 0.25) is 10.0 Å². The summed E-state index contributed by atoms with van der Waals surface area (Å²) in [6, 6.07) is 3.37. The van der Waals surface area contributed by atoms with E-state index in [0.29, 0.717) is 12.2 Å². The summed E-state index contributed by atoms with van der Waals surface area (Å²) in [6.45, 7) is 5.14. The van der Waals surface area contributed by atoms with Crippen molar-refractivity contribution in [1.29, 1.82) is 0 Å². The highest BCUT2D eigenvalue weighted by molar-refractivity contribution is 7.89. The summed E-state index contributed by atoms with van der Waals surface area (Å²) in [6.07, 6.45) is 0.785. The normalized spacial score (nSPS) is 12.3. The van der Waals surface area contributed by atoms with Crippen LogP contribution in [0.1, 0.15) is 17.5 Å². The molecule has 1 aromatic rings. The first-order valence-electron chi connectivity index (χ1n) is 6.64. The number of benzene rings is 1. The first-order chi connectivity index (χ1) is 9.16. The van der Waals surface area contributed by atoms with Gasteiger partial charge in [-0.1, -0.05) is 0 Å². The minimum Gasteiger partial charge on any atom is -0.398 e. The van der Waals surface area contributed by atoms with Crippen LogP contribution in [0.4, 0.5) is 5.69 Å². The van der Waals surface area contributed by atoms with Gasteiger partial charge in [-0.05, 0) is 64.2 Å². The van der Waals surface area contributed by atoms with E-state index in [9.17, 15) is 8.42 Å². The van der Waals surface area contributed by atoms with Crippen LogP contribution < -0.4 is 5.73 Å². The molecule has 0 bridgehead atoms. The van der Waals surface area contributed by atoms with Crippen molar-refractivity contribution in [2.75, 3.05) is 40.0 Å². The lowest BCUT2D eigenvalue weighted by Crippen LogP contribution is -2.30. The monoisotopic (exact) mass is 299 g/mol. The van der Waals surface area contributed by atoms with E-state index in [1.165, 1.54) is 4.31 Å². The van der Waals surface area contributed by atoms with Gasteiger partial charge in [-0.3, -0.25) is 0 Å². The Balaban J connectivity index is 2.96. The van der Waals surface area contributed by atoms with Gasteiger partial charge < -0.3 is 10.6 Å². The number of hydrogen-bond acceptors (Lipinski definition) is 4. The van der Waals surface area contributed by atoms with Gasteiger partial charge in [0.1, 0.15) is 4.90 Å². The molecule has 0 fully saturated rings. The lowest BCUT2D eigenvalue weighted by atomic mass is 10.1. The molecule has 0 radical (unpaired) electrons. The molecular weight excluding hydrogens is 274 g/mol. The highest BCUT2D eigenvalue weighted by Crippen LogP contribution is 2.25. The average Bonchev–Trinajstić information content (AvgIpc) is 2.32. The number of sulfonamides is 1. The van der Waals surface area contributed by atoms with Crippen LogP contribution in [0.5, 0.6) is 0 Å². The van der Waals surface area contributed by atoms with Crippen molar-refractivity contribution in [3.8, 4) is 0 Å². The molecule has 5 nitrogen and oxygen atoms in total. The predicted octanol–water partition coefficient (Wildman–Crippen LogP) is 1.46. The van der Waals surface area contributed by atoms with E-state index < -0.39 is 10.0 Å². The molecule has 1 rings (SSSR count). The molecule has 0 aliphatic rings. The topological polar surface area (TPSA) is 66.6 Å². The maximum absolute atomic E-state index is 12.5. The second kappa shape index (κ2) is 6.56. The summed E-state index contributed by atoms with van der Waals surface area (Å²) in [5.74, 6) is 0. The quantitative estimate of drug-likeness (QED) is 0.808. The van der Waals surface area contributed by atoms with Crippen LogP contribution in [0.2, 0.25) is 0 Å². The van der Waals surface area contributed by atoms with Gasteiger partial charge in [-0.2, -0.15) is 0 Å². The third-order valence-corrected chi connectivity index (χ3v) is 5.31. The number of rotatable bonds is 6. The van der Waals surface area contributed by atoms with Crippen molar-refractivity contribution in [2.24, 2.45) is 0 Å². The van der Waals surface area contributed by atoms with Crippen molar-refractivity contribution in [3.63, 3.8) is 0 Å². The van der Waals surface area contributed by atoms with E-state index in [0.717, 1.165) is 24.1 Å². The zero-order valence-electron chi connectivity index (χ0n) is 13.0. The number of nitrogen functional groups attached to an aromatic ring is 1. The maximum atomic E-state index is 12.5. The molecule has 0 unspecified atom stereocenters. The van der Waals surface area contributed by atoms with Crippen LogP contribution in [-0.2, 0) is 10.0 Å². The van der Waals surface area contributed by atoms with Crippen molar-refractivity contribution < 1.29 is 8.42 Å². The highest BCUT2D eigenvalue weighted by Gasteiger charge is 2.23. The molecule has 0 aromatic heterocycles. The van der Waals surface area contributed by atoms with E-state index in [2.05, 4.69) is 0 Å². The second-order valence-corrected chi connectivity index (χ2v) is 7.47. The number of hydrogen-bond donors (Lipinski definition) is 1. The third kappa shape index (κ3) is 3.94. The summed E-state index contributed by atoms with van der Waals surface area (Å²) in [5.41, 5.74) is 8.12. The molecule has 0 atom stereocenters. The van der Waals surface area contributed by atoms with Gasteiger partial charge in [0, 0.05) is 13.6 Å². The van der Waals surface area contributed by atoms with Crippen molar-refractivity contribution in [3.05, 3.63) is 23.3 Å². The smallest absolute Gasteiger partial charge is 0.244 e. The molecule has 20 heavy (non-hydrogen) atoms. The Labute approximate surface area is 122 Å². The fraction of sp³-hybridized carbons (Fsp3) is 0.571. The fourth-order valence-electron chi connectivity index (χ4n) is 1.93. The van der Waals surface area contributed by atoms with Crippen LogP contribution in [0.3, 0.4) is 0 Å². The Kier molecular flexibility index (Phi) is 5.56. The molecule has 0 amide bonds. The van der Waals surface area contributed by atoms with E-state index in [-0.39, 0.29) is 4.90 Å². The molecule has 2 N–H and O–H groups in total. The maximum Gasteiger partial charge on any atom is 0.244 e. The minimum atomic E-state index is -3.52. The molecule has 114 valence electrons. The van der Waals surface area contributed by atoms with Crippen LogP contribution in [-0.4, -0.2) is 51.9 Å². The Morgan fingerprint density at radius 3 is 2.15 bits per heavy atom. The summed E-state index contributed by atoms with van der Waals surface area (Å²) in [7, 11) is 2.02. The summed E-state index contributed by atoms with van der Waals surface area (Å²) in [5, 5.41) is 0. The molecule has 0 heterocycles. The van der Waals surface area contributed by atoms with Crippen LogP contribution in [0.15, 0.2) is 17.0 Å². The van der Waals surface area contributed by atoms with Crippen molar-refractivity contribution >= 4 is 15.7 Å². The summed E-state index contributed by atoms with van der Waals surface area (Å²) in [4.78, 5) is 2.23. The third-order valence-electron chi connectivity index (χ3n) is 3.39. The Morgan fingerprint density at radius 1 is 1.05 bits per heavy atom. The predicted molar refractivity (Wildman–Crippen MR) is 83.3 cm³/mol. The lowest BCUT2D eigenvalue weighted by Gasteiger charge is -2.20. The molecule has 6 heteroatoms. The molecule has 0 spiro atoms.